The minimum absolute atomic E-state index is 1.22. The van der Waals surface area contributed by atoms with E-state index >= 15 is 0 Å². The smallest absolute Gasteiger partial charge is 0.00201 e. The Labute approximate surface area is 291 Å². The van der Waals surface area contributed by atoms with E-state index < -0.39 is 0 Å². The molecule has 0 bridgehead atoms. The highest BCUT2D eigenvalue weighted by atomic mass is 14.2. The first-order valence-corrected chi connectivity index (χ1v) is 17.4. The van der Waals surface area contributed by atoms with E-state index in [1.807, 2.05) is 0 Å². The van der Waals surface area contributed by atoms with Crippen molar-refractivity contribution in [1.29, 1.82) is 0 Å². The molecule has 0 unspecified atom stereocenters. The summed E-state index contributed by atoms with van der Waals surface area (Å²) in [6, 6.07) is 71.3. The zero-order valence-electron chi connectivity index (χ0n) is 27.5. The van der Waals surface area contributed by atoms with Crippen molar-refractivity contribution in [3.63, 3.8) is 0 Å². The molecule has 232 valence electrons. The minimum atomic E-state index is 1.22. The van der Waals surface area contributed by atoms with Gasteiger partial charge < -0.3 is 0 Å². The van der Waals surface area contributed by atoms with Gasteiger partial charge in [-0.2, -0.15) is 0 Å². The first kappa shape index (κ1) is 28.5. The highest BCUT2D eigenvalue weighted by molar-refractivity contribution is 6.24. The monoisotopic (exact) mass is 632 g/mol. The average molecular weight is 633 g/mol. The molecule has 0 heterocycles. The number of benzene rings is 10. The van der Waals surface area contributed by atoms with Crippen molar-refractivity contribution < 1.29 is 0 Å². The van der Waals surface area contributed by atoms with Crippen LogP contribution in [0.5, 0.6) is 0 Å². The lowest BCUT2D eigenvalue weighted by molar-refractivity contribution is 1.63. The molecule has 0 aliphatic carbocycles. The zero-order valence-corrected chi connectivity index (χ0v) is 27.5. The lowest BCUT2D eigenvalue weighted by Crippen LogP contribution is -1.92. The quantitative estimate of drug-likeness (QED) is 0.134. The van der Waals surface area contributed by atoms with Crippen LogP contribution in [0.15, 0.2) is 194 Å². The normalized spacial score (nSPS) is 11.6. The van der Waals surface area contributed by atoms with Crippen molar-refractivity contribution in [2.24, 2.45) is 0 Å². The standard InChI is InChI=1S/C50H32/c1-2-13-33(14-3-1)37-29-30-46-48(31-37)49(44-22-10-11-23-45(44)50(46)43-24-12-17-34-15-4-6-18-39(34)43)36-27-25-35(26-28-36)47-32-38-16-5-7-19-40(38)41-20-8-9-21-42(41)47/h1-32H. The first-order chi connectivity index (χ1) is 24.8. The van der Waals surface area contributed by atoms with Gasteiger partial charge in [0.25, 0.3) is 0 Å². The Kier molecular flexibility index (Phi) is 6.60. The topological polar surface area (TPSA) is 0 Å². The molecular weight excluding hydrogens is 601 g/mol. The molecule has 10 rings (SSSR count). The van der Waals surface area contributed by atoms with Gasteiger partial charge in [-0.25, -0.2) is 0 Å². The van der Waals surface area contributed by atoms with Crippen LogP contribution in [0.3, 0.4) is 0 Å². The number of hydrogen-bond acceptors (Lipinski definition) is 0. The average Bonchev–Trinajstić information content (AvgIpc) is 3.20. The summed E-state index contributed by atoms with van der Waals surface area (Å²) >= 11 is 0. The minimum Gasteiger partial charge on any atom is -0.0622 e. The van der Waals surface area contributed by atoms with Gasteiger partial charge in [-0.3, -0.25) is 0 Å². The molecular formula is C50H32. The van der Waals surface area contributed by atoms with Gasteiger partial charge in [-0.1, -0.05) is 182 Å². The van der Waals surface area contributed by atoms with Crippen LogP contribution in [0.1, 0.15) is 0 Å². The third-order valence-electron chi connectivity index (χ3n) is 10.4. The Hall–Kier alpha value is -6.50. The van der Waals surface area contributed by atoms with Crippen molar-refractivity contribution in [3.05, 3.63) is 194 Å². The summed E-state index contributed by atoms with van der Waals surface area (Å²) in [5.41, 5.74) is 9.97. The van der Waals surface area contributed by atoms with E-state index in [1.54, 1.807) is 0 Å². The third kappa shape index (κ3) is 4.54. The third-order valence-corrected chi connectivity index (χ3v) is 10.4. The first-order valence-electron chi connectivity index (χ1n) is 17.4. The van der Waals surface area contributed by atoms with E-state index in [0.717, 1.165) is 0 Å². The second-order valence-electron chi connectivity index (χ2n) is 13.2. The van der Waals surface area contributed by atoms with Gasteiger partial charge in [0.1, 0.15) is 0 Å². The predicted octanol–water partition coefficient (Wildman–Crippen LogP) is 14.1. The molecule has 0 N–H and O–H groups in total. The maximum atomic E-state index is 2.41. The summed E-state index contributed by atoms with van der Waals surface area (Å²) in [5, 5.41) is 12.7. The number of rotatable bonds is 4. The van der Waals surface area contributed by atoms with Gasteiger partial charge in [0.05, 0.1) is 0 Å². The fourth-order valence-electron chi connectivity index (χ4n) is 8.14. The molecule has 0 aromatic heterocycles. The predicted molar refractivity (Wildman–Crippen MR) is 216 cm³/mol. The summed E-state index contributed by atoms with van der Waals surface area (Å²) in [6.07, 6.45) is 0. The second-order valence-corrected chi connectivity index (χ2v) is 13.2. The van der Waals surface area contributed by atoms with E-state index in [4.69, 9.17) is 0 Å². The summed E-state index contributed by atoms with van der Waals surface area (Å²) in [4.78, 5) is 0. The number of hydrogen-bond donors (Lipinski definition) is 0. The SMILES string of the molecule is c1ccc(-c2ccc3c(-c4cccc5ccccc45)c4ccccc4c(-c4ccc(-c5cc6ccccc6c6ccccc56)cc4)c3c2)cc1. The Bertz CT molecular complexity index is 2890. The summed E-state index contributed by atoms with van der Waals surface area (Å²) in [7, 11) is 0. The Balaban J connectivity index is 1.25. The molecule has 50 heavy (non-hydrogen) atoms. The van der Waals surface area contributed by atoms with E-state index in [0.29, 0.717) is 0 Å². The molecule has 0 nitrogen and oxygen atoms in total. The summed E-state index contributed by atoms with van der Waals surface area (Å²) in [5.74, 6) is 0. The molecule has 0 spiro atoms. The maximum absolute atomic E-state index is 2.41. The molecule has 0 radical (unpaired) electrons. The molecule has 0 aliphatic rings. The van der Waals surface area contributed by atoms with Gasteiger partial charge in [0, 0.05) is 0 Å². The molecule has 0 saturated heterocycles. The Morgan fingerprint density at radius 3 is 1.52 bits per heavy atom. The van der Waals surface area contributed by atoms with Crippen molar-refractivity contribution in [2.45, 2.75) is 0 Å². The van der Waals surface area contributed by atoms with Crippen LogP contribution in [0.2, 0.25) is 0 Å². The van der Waals surface area contributed by atoms with Gasteiger partial charge >= 0.3 is 0 Å². The largest absolute Gasteiger partial charge is 0.0622 e. The lowest BCUT2D eigenvalue weighted by atomic mass is 9.83. The number of fused-ring (bicyclic) bond motifs is 6. The molecule has 0 amide bonds. The Morgan fingerprint density at radius 2 is 0.740 bits per heavy atom. The molecule has 0 heteroatoms. The molecule has 0 atom stereocenters. The molecule has 0 aliphatic heterocycles. The van der Waals surface area contributed by atoms with Crippen LogP contribution in [0, 0.1) is 0 Å². The van der Waals surface area contributed by atoms with E-state index in [9.17, 15) is 0 Å². The van der Waals surface area contributed by atoms with Gasteiger partial charge in [0.2, 0.25) is 0 Å². The van der Waals surface area contributed by atoms with Crippen molar-refractivity contribution in [1.82, 2.24) is 0 Å². The molecule has 10 aromatic carbocycles. The van der Waals surface area contributed by atoms with Crippen LogP contribution < -0.4 is 0 Å². The Morgan fingerprint density at radius 1 is 0.200 bits per heavy atom. The molecule has 0 saturated carbocycles. The highest BCUT2D eigenvalue weighted by Gasteiger charge is 2.19. The van der Waals surface area contributed by atoms with E-state index in [-0.39, 0.29) is 0 Å². The van der Waals surface area contributed by atoms with Crippen molar-refractivity contribution >= 4 is 53.9 Å². The summed E-state index contributed by atoms with van der Waals surface area (Å²) < 4.78 is 0. The zero-order chi connectivity index (χ0) is 33.0. The van der Waals surface area contributed by atoms with Gasteiger partial charge in [-0.05, 0) is 111 Å². The lowest BCUT2D eigenvalue weighted by Gasteiger charge is -2.20. The van der Waals surface area contributed by atoms with Crippen LogP contribution >= 0.6 is 0 Å². The summed E-state index contributed by atoms with van der Waals surface area (Å²) in [6.45, 7) is 0. The van der Waals surface area contributed by atoms with Crippen LogP contribution in [-0.2, 0) is 0 Å². The second kappa shape index (κ2) is 11.6. The van der Waals surface area contributed by atoms with Crippen LogP contribution in [-0.4, -0.2) is 0 Å². The van der Waals surface area contributed by atoms with Gasteiger partial charge in [-0.15, -0.1) is 0 Å². The molecule has 10 aromatic rings. The van der Waals surface area contributed by atoms with Crippen molar-refractivity contribution in [2.75, 3.05) is 0 Å². The van der Waals surface area contributed by atoms with Crippen molar-refractivity contribution in [3.8, 4) is 44.5 Å². The highest BCUT2D eigenvalue weighted by Crippen LogP contribution is 2.46. The van der Waals surface area contributed by atoms with Crippen LogP contribution in [0.4, 0.5) is 0 Å². The fourth-order valence-corrected chi connectivity index (χ4v) is 8.14. The van der Waals surface area contributed by atoms with Gasteiger partial charge in [0.15, 0.2) is 0 Å². The molecule has 0 fully saturated rings. The fraction of sp³-hybridized carbons (Fsp3) is 0. The van der Waals surface area contributed by atoms with Crippen LogP contribution in [0.25, 0.3) is 98.4 Å². The van der Waals surface area contributed by atoms with E-state index in [2.05, 4.69) is 194 Å². The maximum Gasteiger partial charge on any atom is -0.00201 e. The van der Waals surface area contributed by atoms with E-state index in [1.165, 1.54) is 98.4 Å².